The number of carbonyl (C=O) groups excluding carboxylic acids is 2. The van der Waals surface area contributed by atoms with Crippen LogP contribution in [0, 0.1) is 29.6 Å². The number of rotatable bonds is 9. The second-order valence-corrected chi connectivity index (χ2v) is 9.96. The normalized spacial score (nSPS) is 10.9. The SMILES string of the molecule is CCOC(=O)c1sc(CC(=O)/C(C#N)=C/c2ccc(OCc3ccc(Cl)cc3)c(Br)c2)c(C#N)c1C. The number of esters is 1. The molecule has 0 N–H and O–H groups in total. The molecule has 0 amide bonds. The largest absolute Gasteiger partial charge is 0.488 e. The van der Waals surface area contributed by atoms with Crippen LogP contribution in [0.3, 0.4) is 0 Å². The third-order valence-corrected chi connectivity index (χ3v) is 7.25. The highest BCUT2D eigenvalue weighted by Crippen LogP contribution is 2.31. The average molecular weight is 584 g/mol. The van der Waals surface area contributed by atoms with E-state index in [-0.39, 0.29) is 29.0 Å². The van der Waals surface area contributed by atoms with Gasteiger partial charge in [-0.15, -0.1) is 11.3 Å². The fourth-order valence-electron chi connectivity index (χ4n) is 3.28. The van der Waals surface area contributed by atoms with Crippen LogP contribution in [-0.4, -0.2) is 18.4 Å². The van der Waals surface area contributed by atoms with Crippen molar-refractivity contribution in [3.8, 4) is 17.9 Å². The molecular weight excluding hydrogens is 564 g/mol. The number of thiophene rings is 1. The number of hydrogen-bond acceptors (Lipinski definition) is 7. The van der Waals surface area contributed by atoms with Crippen molar-refractivity contribution in [1.29, 1.82) is 10.5 Å². The van der Waals surface area contributed by atoms with Crippen molar-refractivity contribution in [2.75, 3.05) is 6.61 Å². The molecule has 0 aliphatic heterocycles. The molecule has 36 heavy (non-hydrogen) atoms. The summed E-state index contributed by atoms with van der Waals surface area (Å²) in [6.07, 6.45) is 1.31. The molecule has 1 aromatic heterocycles. The van der Waals surface area contributed by atoms with Crippen LogP contribution in [0.25, 0.3) is 6.08 Å². The van der Waals surface area contributed by atoms with Crippen molar-refractivity contribution in [2.24, 2.45) is 0 Å². The average Bonchev–Trinajstić information content (AvgIpc) is 3.17. The highest BCUT2D eigenvalue weighted by molar-refractivity contribution is 9.10. The summed E-state index contributed by atoms with van der Waals surface area (Å²) in [6.45, 7) is 3.89. The second-order valence-electron chi connectivity index (χ2n) is 7.56. The summed E-state index contributed by atoms with van der Waals surface area (Å²) >= 11 is 10.4. The lowest BCUT2D eigenvalue weighted by Crippen LogP contribution is -2.05. The molecule has 0 unspecified atom stereocenters. The van der Waals surface area contributed by atoms with Gasteiger partial charge in [0.25, 0.3) is 0 Å². The van der Waals surface area contributed by atoms with Crippen molar-refractivity contribution >= 4 is 56.7 Å². The van der Waals surface area contributed by atoms with Gasteiger partial charge in [0.2, 0.25) is 0 Å². The Kier molecular flexibility index (Phi) is 9.44. The van der Waals surface area contributed by atoms with E-state index in [1.54, 1.807) is 44.2 Å². The number of allylic oxidation sites excluding steroid dienone is 1. The summed E-state index contributed by atoms with van der Waals surface area (Å²) in [5.41, 5.74) is 2.26. The molecular formula is C27H20BrClN2O4S. The molecule has 6 nitrogen and oxygen atoms in total. The van der Waals surface area contributed by atoms with E-state index < -0.39 is 11.8 Å². The molecule has 0 spiro atoms. The Labute approximate surface area is 226 Å². The fourth-order valence-corrected chi connectivity index (χ4v) is 5.07. The van der Waals surface area contributed by atoms with Crippen molar-refractivity contribution in [2.45, 2.75) is 26.9 Å². The lowest BCUT2D eigenvalue weighted by Gasteiger charge is -2.09. The molecule has 0 atom stereocenters. The summed E-state index contributed by atoms with van der Waals surface area (Å²) in [4.78, 5) is 25.8. The van der Waals surface area contributed by atoms with Crippen molar-refractivity contribution in [1.82, 2.24) is 0 Å². The molecule has 0 aliphatic rings. The summed E-state index contributed by atoms with van der Waals surface area (Å²) in [7, 11) is 0. The molecule has 0 saturated heterocycles. The van der Waals surface area contributed by atoms with Crippen LogP contribution < -0.4 is 4.74 Å². The summed E-state index contributed by atoms with van der Waals surface area (Å²) in [5, 5.41) is 19.8. The summed E-state index contributed by atoms with van der Waals surface area (Å²) in [6, 6.07) is 16.6. The topological polar surface area (TPSA) is 100 Å². The zero-order chi connectivity index (χ0) is 26.2. The highest BCUT2D eigenvalue weighted by atomic mass is 79.9. The van der Waals surface area contributed by atoms with Crippen molar-refractivity contribution in [3.05, 3.63) is 89.5 Å². The van der Waals surface area contributed by atoms with Crippen LogP contribution in [0.4, 0.5) is 0 Å². The number of nitriles is 2. The monoisotopic (exact) mass is 582 g/mol. The van der Waals surface area contributed by atoms with Crippen molar-refractivity contribution in [3.63, 3.8) is 0 Å². The number of carbonyl (C=O) groups is 2. The standard InChI is InChI=1S/C27H20BrClN2O4S/c1-3-34-27(33)26-16(2)21(14-31)25(36-26)12-23(32)19(13-30)10-18-6-9-24(22(28)11-18)35-15-17-4-7-20(29)8-5-17/h4-11H,3,12,15H2,1-2H3/b19-10+. The van der Waals surface area contributed by atoms with E-state index in [0.717, 1.165) is 16.9 Å². The molecule has 182 valence electrons. The van der Waals surface area contributed by atoms with Gasteiger partial charge in [-0.05, 0) is 76.8 Å². The third kappa shape index (κ3) is 6.61. The molecule has 1 heterocycles. The number of Topliss-reactive ketones (excluding diaryl/α,β-unsaturated/α-hetero) is 1. The van der Waals surface area contributed by atoms with E-state index in [9.17, 15) is 20.1 Å². The molecule has 2 aromatic carbocycles. The van der Waals surface area contributed by atoms with Crippen LogP contribution in [0.1, 0.15) is 43.7 Å². The molecule has 0 saturated carbocycles. The fraction of sp³-hybridized carbons (Fsp3) is 0.185. The van der Waals surface area contributed by atoms with Crippen LogP contribution >= 0.6 is 38.9 Å². The zero-order valence-electron chi connectivity index (χ0n) is 19.4. The quantitative estimate of drug-likeness (QED) is 0.156. The Morgan fingerprint density at radius 2 is 1.89 bits per heavy atom. The second kappa shape index (κ2) is 12.5. The summed E-state index contributed by atoms with van der Waals surface area (Å²) in [5.74, 6) is -0.384. The number of hydrogen-bond donors (Lipinski definition) is 0. The van der Waals surface area contributed by atoms with Gasteiger partial charge in [-0.3, -0.25) is 4.79 Å². The number of halogens is 2. The van der Waals surface area contributed by atoms with Gasteiger partial charge in [0.1, 0.15) is 29.4 Å². The van der Waals surface area contributed by atoms with Crippen LogP contribution in [0.2, 0.25) is 5.02 Å². The van der Waals surface area contributed by atoms with Gasteiger partial charge in [-0.1, -0.05) is 29.8 Å². The maximum Gasteiger partial charge on any atom is 0.348 e. The molecule has 3 rings (SSSR count). The maximum absolute atomic E-state index is 12.9. The molecule has 3 aromatic rings. The Morgan fingerprint density at radius 1 is 1.17 bits per heavy atom. The van der Waals surface area contributed by atoms with Crippen molar-refractivity contribution < 1.29 is 19.1 Å². The Bertz CT molecular complexity index is 1420. The van der Waals surface area contributed by atoms with Gasteiger partial charge in [-0.25, -0.2) is 4.79 Å². The van der Waals surface area contributed by atoms with E-state index in [1.807, 2.05) is 18.2 Å². The molecule has 0 fully saturated rings. The van der Waals surface area contributed by atoms with E-state index in [4.69, 9.17) is 21.1 Å². The predicted molar refractivity (Wildman–Crippen MR) is 142 cm³/mol. The van der Waals surface area contributed by atoms with Gasteiger partial charge < -0.3 is 9.47 Å². The lowest BCUT2D eigenvalue weighted by molar-refractivity contribution is -0.114. The van der Waals surface area contributed by atoms with Gasteiger partial charge in [0.15, 0.2) is 5.78 Å². The molecule has 0 aliphatic carbocycles. The van der Waals surface area contributed by atoms with Crippen LogP contribution in [-0.2, 0) is 22.6 Å². The first-order valence-corrected chi connectivity index (χ1v) is 12.8. The number of ether oxygens (including phenoxy) is 2. The smallest absolute Gasteiger partial charge is 0.348 e. The van der Waals surface area contributed by atoms with E-state index in [2.05, 4.69) is 22.0 Å². The first-order valence-electron chi connectivity index (χ1n) is 10.8. The minimum absolute atomic E-state index is 0.0654. The minimum Gasteiger partial charge on any atom is -0.488 e. The van der Waals surface area contributed by atoms with Gasteiger partial charge in [0.05, 0.1) is 22.2 Å². The Balaban J connectivity index is 1.76. The van der Waals surface area contributed by atoms with Crippen LogP contribution in [0.5, 0.6) is 5.75 Å². The lowest BCUT2D eigenvalue weighted by atomic mass is 10.0. The summed E-state index contributed by atoms with van der Waals surface area (Å²) < 4.78 is 11.5. The highest BCUT2D eigenvalue weighted by Gasteiger charge is 2.23. The first-order chi connectivity index (χ1) is 17.3. The van der Waals surface area contributed by atoms with Gasteiger partial charge >= 0.3 is 5.97 Å². The predicted octanol–water partition coefficient (Wildman–Crippen LogP) is 6.82. The Morgan fingerprint density at radius 3 is 2.50 bits per heavy atom. The Hall–Kier alpha value is -3.43. The number of benzene rings is 2. The van der Waals surface area contributed by atoms with E-state index >= 15 is 0 Å². The van der Waals surface area contributed by atoms with E-state index in [0.29, 0.717) is 37.9 Å². The zero-order valence-corrected chi connectivity index (χ0v) is 22.6. The van der Waals surface area contributed by atoms with Gasteiger partial charge in [0, 0.05) is 16.3 Å². The van der Waals surface area contributed by atoms with E-state index in [1.165, 1.54) is 6.08 Å². The number of ketones is 1. The van der Waals surface area contributed by atoms with Crippen LogP contribution in [0.15, 0.2) is 52.5 Å². The number of nitrogens with zero attached hydrogens (tertiary/aromatic N) is 2. The maximum atomic E-state index is 12.9. The minimum atomic E-state index is -0.533. The molecule has 0 radical (unpaired) electrons. The molecule has 0 bridgehead atoms. The molecule has 9 heteroatoms. The third-order valence-electron chi connectivity index (χ3n) is 5.11. The van der Waals surface area contributed by atoms with Gasteiger partial charge in [-0.2, -0.15) is 10.5 Å². The first kappa shape index (κ1) is 27.2.